The fourth-order valence-corrected chi connectivity index (χ4v) is 3.20. The van der Waals surface area contributed by atoms with E-state index in [-0.39, 0.29) is 11.5 Å². The van der Waals surface area contributed by atoms with Gasteiger partial charge in [-0.25, -0.2) is 0 Å². The van der Waals surface area contributed by atoms with E-state index in [2.05, 4.69) is 41.0 Å². The molecule has 1 fully saturated rings. The van der Waals surface area contributed by atoms with Gasteiger partial charge in [0, 0.05) is 19.6 Å². The van der Waals surface area contributed by atoms with Crippen LogP contribution in [0.2, 0.25) is 0 Å². The number of rotatable bonds is 9. The van der Waals surface area contributed by atoms with Crippen LogP contribution in [0.15, 0.2) is 0 Å². The third-order valence-corrected chi connectivity index (χ3v) is 4.99. The van der Waals surface area contributed by atoms with Gasteiger partial charge in [-0.2, -0.15) is 9.97 Å². The van der Waals surface area contributed by atoms with Gasteiger partial charge in [0.1, 0.15) is 0 Å². The molecule has 1 saturated heterocycles. The summed E-state index contributed by atoms with van der Waals surface area (Å²) in [4.78, 5) is 23.8. The van der Waals surface area contributed by atoms with Crippen molar-refractivity contribution < 1.29 is 4.92 Å². The second kappa shape index (κ2) is 9.51. The Morgan fingerprint density at radius 3 is 2.54 bits per heavy atom. The lowest BCUT2D eigenvalue weighted by Crippen LogP contribution is -2.34. The number of nitro groups is 1. The van der Waals surface area contributed by atoms with Crippen molar-refractivity contribution in [1.82, 2.24) is 14.9 Å². The summed E-state index contributed by atoms with van der Waals surface area (Å²) in [6, 6.07) is 0. The third-order valence-electron chi connectivity index (χ3n) is 4.99. The van der Waals surface area contributed by atoms with E-state index < -0.39 is 4.92 Å². The van der Waals surface area contributed by atoms with Gasteiger partial charge in [-0.1, -0.05) is 20.8 Å². The minimum atomic E-state index is -0.479. The number of hydrogen-bond donors (Lipinski definition) is 2. The van der Waals surface area contributed by atoms with Crippen molar-refractivity contribution in [2.45, 2.75) is 40.0 Å². The molecule has 0 aromatic carbocycles. The number of nitrogens with zero attached hydrogens (tertiary/aromatic N) is 5. The van der Waals surface area contributed by atoms with Crippen molar-refractivity contribution in [3.05, 3.63) is 10.1 Å². The van der Waals surface area contributed by atoms with Crippen LogP contribution < -0.4 is 16.0 Å². The number of aromatic nitrogens is 2. The molecule has 0 bridgehead atoms. The summed E-state index contributed by atoms with van der Waals surface area (Å²) < 4.78 is 0. The monoisotopic (exact) mass is 365 g/mol. The summed E-state index contributed by atoms with van der Waals surface area (Å²) in [7, 11) is 0. The SMILES string of the molecule is CCN(CC)CCCNc1nc(N)c([N+](=O)[O-])c(N2CCC(C)CC2)n1. The lowest BCUT2D eigenvalue weighted by atomic mass is 9.99. The first kappa shape index (κ1) is 20.2. The number of nitrogen functional groups attached to an aromatic ring is 1. The Morgan fingerprint density at radius 1 is 1.31 bits per heavy atom. The Kier molecular flexibility index (Phi) is 7.38. The molecule has 0 aliphatic carbocycles. The Hall–Kier alpha value is -2.16. The van der Waals surface area contributed by atoms with Crippen LogP contribution in [0.25, 0.3) is 0 Å². The van der Waals surface area contributed by atoms with E-state index in [0.717, 1.165) is 52.0 Å². The van der Waals surface area contributed by atoms with Crippen LogP contribution in [0.1, 0.15) is 40.0 Å². The fraction of sp³-hybridized carbons (Fsp3) is 0.765. The van der Waals surface area contributed by atoms with Crippen molar-refractivity contribution in [1.29, 1.82) is 0 Å². The number of anilines is 3. The van der Waals surface area contributed by atoms with Crippen molar-refractivity contribution in [2.75, 3.05) is 55.2 Å². The molecule has 1 aliphatic rings. The zero-order valence-corrected chi connectivity index (χ0v) is 16.1. The standard InChI is InChI=1S/C17H31N7O2/c1-4-22(5-2)10-6-9-19-17-20-15(18)14(24(25)26)16(21-17)23-11-7-13(3)8-12-23/h13H,4-12H2,1-3H3,(H3,18,19,20,21). The molecule has 2 rings (SSSR count). The van der Waals surface area contributed by atoms with Gasteiger partial charge in [0.25, 0.3) is 0 Å². The van der Waals surface area contributed by atoms with E-state index >= 15 is 0 Å². The molecule has 9 heteroatoms. The number of nitrogens with one attached hydrogen (secondary N) is 1. The number of nitrogens with two attached hydrogens (primary N) is 1. The molecule has 0 radical (unpaired) electrons. The highest BCUT2D eigenvalue weighted by Crippen LogP contribution is 2.34. The van der Waals surface area contributed by atoms with Crippen LogP contribution in [0.3, 0.4) is 0 Å². The second-order valence-corrected chi connectivity index (χ2v) is 6.84. The predicted molar refractivity (Wildman–Crippen MR) is 105 cm³/mol. The molecular formula is C17H31N7O2. The van der Waals surface area contributed by atoms with E-state index in [1.54, 1.807) is 0 Å². The molecule has 1 aliphatic heterocycles. The summed E-state index contributed by atoms with van der Waals surface area (Å²) in [6.45, 7) is 11.7. The minimum Gasteiger partial charge on any atom is -0.378 e. The smallest absolute Gasteiger partial charge is 0.353 e. The number of hydrogen-bond acceptors (Lipinski definition) is 8. The Balaban J connectivity index is 2.09. The summed E-state index contributed by atoms with van der Waals surface area (Å²) in [6.07, 6.45) is 2.93. The summed E-state index contributed by atoms with van der Waals surface area (Å²) in [5, 5.41) is 14.6. The molecule has 146 valence electrons. The average Bonchev–Trinajstić information content (AvgIpc) is 2.61. The third kappa shape index (κ3) is 5.17. The maximum Gasteiger partial charge on any atom is 0.353 e. The van der Waals surface area contributed by atoms with E-state index in [1.165, 1.54) is 0 Å². The van der Waals surface area contributed by atoms with Gasteiger partial charge in [-0.3, -0.25) is 10.1 Å². The Bertz CT molecular complexity index is 599. The highest BCUT2D eigenvalue weighted by Gasteiger charge is 2.29. The predicted octanol–water partition coefficient (Wildman–Crippen LogP) is 2.35. The quantitative estimate of drug-likeness (QED) is 0.389. The van der Waals surface area contributed by atoms with Crippen LogP contribution in [0.4, 0.5) is 23.3 Å². The van der Waals surface area contributed by atoms with Gasteiger partial charge < -0.3 is 20.9 Å². The fourth-order valence-electron chi connectivity index (χ4n) is 3.20. The molecule has 9 nitrogen and oxygen atoms in total. The van der Waals surface area contributed by atoms with Gasteiger partial charge in [0.15, 0.2) is 0 Å². The number of piperidine rings is 1. The summed E-state index contributed by atoms with van der Waals surface area (Å²) >= 11 is 0. The maximum atomic E-state index is 11.5. The molecule has 26 heavy (non-hydrogen) atoms. The van der Waals surface area contributed by atoms with Crippen LogP contribution in [0, 0.1) is 16.0 Å². The van der Waals surface area contributed by atoms with Gasteiger partial charge in [-0.05, 0) is 44.8 Å². The van der Waals surface area contributed by atoms with E-state index in [4.69, 9.17) is 5.73 Å². The summed E-state index contributed by atoms with van der Waals surface area (Å²) in [5.74, 6) is 1.24. The molecular weight excluding hydrogens is 334 g/mol. The van der Waals surface area contributed by atoms with Gasteiger partial charge in [0.2, 0.25) is 17.6 Å². The Morgan fingerprint density at radius 2 is 1.96 bits per heavy atom. The molecule has 0 spiro atoms. The van der Waals surface area contributed by atoms with E-state index in [0.29, 0.717) is 24.2 Å². The highest BCUT2D eigenvalue weighted by atomic mass is 16.6. The van der Waals surface area contributed by atoms with Crippen LogP contribution in [0.5, 0.6) is 0 Å². The lowest BCUT2D eigenvalue weighted by molar-refractivity contribution is -0.383. The lowest BCUT2D eigenvalue weighted by Gasteiger charge is -2.31. The first-order valence-electron chi connectivity index (χ1n) is 9.49. The van der Waals surface area contributed by atoms with Crippen molar-refractivity contribution in [3.63, 3.8) is 0 Å². The largest absolute Gasteiger partial charge is 0.378 e. The molecule has 1 aromatic heterocycles. The molecule has 1 aromatic rings. The highest BCUT2D eigenvalue weighted by molar-refractivity contribution is 5.71. The van der Waals surface area contributed by atoms with Crippen molar-refractivity contribution in [3.8, 4) is 0 Å². The molecule has 0 atom stereocenters. The van der Waals surface area contributed by atoms with Crippen LogP contribution >= 0.6 is 0 Å². The van der Waals surface area contributed by atoms with Gasteiger partial charge in [0.05, 0.1) is 4.92 Å². The first-order valence-corrected chi connectivity index (χ1v) is 9.49. The van der Waals surface area contributed by atoms with Gasteiger partial charge in [-0.15, -0.1) is 0 Å². The van der Waals surface area contributed by atoms with E-state index in [1.807, 2.05) is 4.90 Å². The van der Waals surface area contributed by atoms with Crippen molar-refractivity contribution in [2.24, 2.45) is 5.92 Å². The molecule has 0 amide bonds. The average molecular weight is 365 g/mol. The maximum absolute atomic E-state index is 11.5. The Labute approximate surface area is 155 Å². The molecule has 2 heterocycles. The minimum absolute atomic E-state index is 0.0788. The topological polar surface area (TPSA) is 113 Å². The van der Waals surface area contributed by atoms with E-state index in [9.17, 15) is 10.1 Å². The molecule has 3 N–H and O–H groups in total. The zero-order chi connectivity index (χ0) is 19.1. The zero-order valence-electron chi connectivity index (χ0n) is 16.1. The second-order valence-electron chi connectivity index (χ2n) is 6.84. The van der Waals surface area contributed by atoms with Crippen molar-refractivity contribution >= 4 is 23.3 Å². The first-order chi connectivity index (χ1) is 12.5. The summed E-state index contributed by atoms with van der Waals surface area (Å²) in [5.41, 5.74) is 5.70. The normalized spacial score (nSPS) is 15.5. The molecule has 0 saturated carbocycles. The molecule has 0 unspecified atom stereocenters. The van der Waals surface area contributed by atoms with Gasteiger partial charge >= 0.3 is 5.69 Å². The van der Waals surface area contributed by atoms with Crippen LogP contribution in [-0.4, -0.2) is 59.1 Å². The van der Waals surface area contributed by atoms with Crippen LogP contribution in [-0.2, 0) is 0 Å².